The molecule has 3 aromatic rings. The number of rotatable bonds is 6. The van der Waals surface area contributed by atoms with E-state index in [1.54, 1.807) is 24.3 Å². The van der Waals surface area contributed by atoms with E-state index >= 15 is 0 Å². The molecule has 1 aliphatic rings. The first-order valence-electron chi connectivity index (χ1n) is 10.1. The van der Waals surface area contributed by atoms with Gasteiger partial charge in [0.05, 0.1) is 16.0 Å². The highest BCUT2D eigenvalue weighted by Gasteiger charge is 2.36. The highest BCUT2D eigenvalue weighted by atomic mass is 32.2. The molecule has 0 fully saturated rings. The van der Waals surface area contributed by atoms with E-state index in [0.29, 0.717) is 28.1 Å². The number of nitrogens with one attached hydrogen (secondary N) is 1. The summed E-state index contributed by atoms with van der Waals surface area (Å²) in [7, 11) is -4.68. The van der Waals surface area contributed by atoms with Gasteiger partial charge in [0.1, 0.15) is 0 Å². The Morgan fingerprint density at radius 1 is 1.00 bits per heavy atom. The number of benzene rings is 3. The third-order valence-corrected chi connectivity index (χ3v) is 6.64. The summed E-state index contributed by atoms with van der Waals surface area (Å²) in [4.78, 5) is 12.5. The Balaban J connectivity index is 1.70. The van der Waals surface area contributed by atoms with Crippen molar-refractivity contribution >= 4 is 32.6 Å². The molecule has 0 saturated heterocycles. The van der Waals surface area contributed by atoms with Crippen molar-refractivity contribution in [3.8, 4) is 0 Å². The summed E-state index contributed by atoms with van der Waals surface area (Å²) in [6, 6.07) is 11.2. The zero-order valence-corrected chi connectivity index (χ0v) is 18.3. The summed E-state index contributed by atoms with van der Waals surface area (Å²) in [6.45, 7) is 2.07. The maximum atomic E-state index is 13.1. The summed E-state index contributed by atoms with van der Waals surface area (Å²) in [5.41, 5.74) is 0.495. The molecule has 0 atom stereocenters. The normalized spacial score (nSPS) is 14.2. The van der Waals surface area contributed by atoms with E-state index in [1.165, 1.54) is 0 Å². The molecule has 0 aromatic heterocycles. The summed E-state index contributed by atoms with van der Waals surface area (Å²) in [5.74, 6) is -1.32. The number of halogens is 3. The molecule has 3 aromatic carbocycles. The Labute approximate surface area is 188 Å². The number of unbranched alkanes of at least 4 members (excludes halogenated alkanes) is 1. The number of hydroxylamine groups is 2. The first-order chi connectivity index (χ1) is 15.5. The van der Waals surface area contributed by atoms with Crippen molar-refractivity contribution in [1.29, 1.82) is 5.41 Å². The van der Waals surface area contributed by atoms with Gasteiger partial charge in [-0.15, -0.1) is 9.35 Å². The van der Waals surface area contributed by atoms with E-state index in [4.69, 9.17) is 9.69 Å². The lowest BCUT2D eigenvalue weighted by atomic mass is 9.90. The molecule has 0 spiro atoms. The van der Waals surface area contributed by atoms with Gasteiger partial charge in [0, 0.05) is 10.9 Å². The molecule has 0 bridgehead atoms. The average Bonchev–Trinajstić information content (AvgIpc) is 2.78. The van der Waals surface area contributed by atoms with Crippen molar-refractivity contribution < 1.29 is 30.7 Å². The Morgan fingerprint density at radius 2 is 1.70 bits per heavy atom. The van der Waals surface area contributed by atoms with Crippen LogP contribution in [0.2, 0.25) is 0 Å². The molecule has 0 unspecified atom stereocenters. The van der Waals surface area contributed by atoms with Gasteiger partial charge in [0.25, 0.3) is 5.91 Å². The van der Waals surface area contributed by atoms with Gasteiger partial charge in [0.15, 0.2) is 5.84 Å². The number of alkyl halides is 3. The second-order valence-corrected chi connectivity index (χ2v) is 9.13. The second-order valence-electron chi connectivity index (χ2n) is 7.60. The molecule has 10 heteroatoms. The first-order valence-corrected chi connectivity index (χ1v) is 11.5. The molecule has 1 aliphatic heterocycles. The molecule has 172 valence electrons. The SMILES string of the molecule is CCCCc1ccc2c3c(cccc13)C(=N)N(OS(=O)(=O)c1ccc(C(F)(F)F)cc1)C2=O. The van der Waals surface area contributed by atoms with Crippen molar-refractivity contribution in [2.75, 3.05) is 0 Å². The lowest BCUT2D eigenvalue weighted by Crippen LogP contribution is -2.41. The Morgan fingerprint density at radius 3 is 2.33 bits per heavy atom. The van der Waals surface area contributed by atoms with Gasteiger partial charge in [-0.25, -0.2) is 0 Å². The fourth-order valence-corrected chi connectivity index (χ4v) is 4.67. The molecule has 0 aliphatic carbocycles. The van der Waals surface area contributed by atoms with E-state index in [9.17, 15) is 26.4 Å². The minimum absolute atomic E-state index is 0.180. The van der Waals surface area contributed by atoms with Crippen LogP contribution in [0.15, 0.2) is 59.5 Å². The number of nitrogens with zero attached hydrogens (tertiary/aromatic N) is 1. The Hall–Kier alpha value is -3.24. The van der Waals surface area contributed by atoms with Crippen molar-refractivity contribution in [2.45, 2.75) is 37.3 Å². The molecular weight excluding hydrogens is 457 g/mol. The van der Waals surface area contributed by atoms with Crippen LogP contribution in [0.5, 0.6) is 0 Å². The quantitative estimate of drug-likeness (QED) is 0.523. The van der Waals surface area contributed by atoms with Gasteiger partial charge in [0.2, 0.25) is 0 Å². The van der Waals surface area contributed by atoms with Crippen LogP contribution in [0.3, 0.4) is 0 Å². The largest absolute Gasteiger partial charge is 0.416 e. The Kier molecular flexibility index (Phi) is 5.75. The molecule has 1 heterocycles. The minimum atomic E-state index is -4.68. The van der Waals surface area contributed by atoms with Crippen LogP contribution >= 0.6 is 0 Å². The van der Waals surface area contributed by atoms with Crippen LogP contribution in [0.25, 0.3) is 10.8 Å². The lowest BCUT2D eigenvalue weighted by molar-refractivity contribution is -0.137. The zero-order valence-electron chi connectivity index (χ0n) is 17.4. The molecule has 0 radical (unpaired) electrons. The van der Waals surface area contributed by atoms with Gasteiger partial charge in [-0.3, -0.25) is 10.2 Å². The highest BCUT2D eigenvalue weighted by molar-refractivity contribution is 7.86. The molecular formula is C23H19F3N2O4S. The van der Waals surface area contributed by atoms with Crippen molar-refractivity contribution in [3.05, 3.63) is 76.9 Å². The first kappa shape index (κ1) is 22.9. The molecule has 4 rings (SSSR count). The number of hydrogen-bond acceptors (Lipinski definition) is 5. The summed E-state index contributed by atoms with van der Waals surface area (Å²) in [5, 5.41) is 10.1. The van der Waals surface area contributed by atoms with E-state index in [-0.39, 0.29) is 5.56 Å². The molecule has 1 N–H and O–H groups in total. The fraction of sp³-hybridized carbons (Fsp3) is 0.217. The van der Waals surface area contributed by atoms with Crippen molar-refractivity contribution in [2.24, 2.45) is 0 Å². The van der Waals surface area contributed by atoms with E-state index in [1.807, 2.05) is 6.07 Å². The van der Waals surface area contributed by atoms with Gasteiger partial charge in [-0.2, -0.15) is 21.6 Å². The van der Waals surface area contributed by atoms with Crippen molar-refractivity contribution in [3.63, 3.8) is 0 Å². The summed E-state index contributed by atoms with van der Waals surface area (Å²) in [6.07, 6.45) is -1.90. The number of amidine groups is 1. The van der Waals surface area contributed by atoms with Gasteiger partial charge in [-0.05, 0) is 54.1 Å². The van der Waals surface area contributed by atoms with Crippen LogP contribution < -0.4 is 0 Å². The van der Waals surface area contributed by atoms with Crippen LogP contribution in [0.1, 0.15) is 46.8 Å². The van der Waals surface area contributed by atoms with E-state index in [2.05, 4.69) is 6.92 Å². The summed E-state index contributed by atoms with van der Waals surface area (Å²) >= 11 is 0. The van der Waals surface area contributed by atoms with E-state index < -0.39 is 38.5 Å². The topological polar surface area (TPSA) is 87.5 Å². The zero-order chi connectivity index (χ0) is 24.0. The Bertz CT molecular complexity index is 1340. The molecule has 0 saturated carbocycles. The maximum absolute atomic E-state index is 13.1. The van der Waals surface area contributed by atoms with Gasteiger partial charge in [-0.1, -0.05) is 37.6 Å². The predicted molar refractivity (Wildman–Crippen MR) is 115 cm³/mol. The van der Waals surface area contributed by atoms with Gasteiger partial charge >= 0.3 is 16.3 Å². The predicted octanol–water partition coefficient (Wildman–Crippen LogP) is 5.30. The number of hydrogen-bond donors (Lipinski definition) is 1. The van der Waals surface area contributed by atoms with Gasteiger partial charge < -0.3 is 0 Å². The third-order valence-electron chi connectivity index (χ3n) is 5.45. The minimum Gasteiger partial charge on any atom is -0.282 e. The number of amides is 1. The van der Waals surface area contributed by atoms with Crippen molar-refractivity contribution in [1.82, 2.24) is 5.06 Å². The number of aryl methyl sites for hydroxylation is 1. The fourth-order valence-electron chi connectivity index (χ4n) is 3.77. The van der Waals surface area contributed by atoms with E-state index in [0.717, 1.165) is 42.3 Å². The standard InChI is InChI=1S/C23H19F3N2O4S/c1-2-3-5-14-8-13-19-20-17(14)6-4-7-18(20)21(27)28(22(19)29)32-33(30,31)16-11-9-15(10-12-16)23(24,25)26/h4,6-13,27H,2-3,5H2,1H3. The van der Waals surface area contributed by atoms with Crippen LogP contribution in [-0.4, -0.2) is 25.2 Å². The summed E-state index contributed by atoms with van der Waals surface area (Å²) < 4.78 is 68.6. The average molecular weight is 476 g/mol. The number of carbonyl (C=O) groups is 1. The molecule has 1 amide bonds. The lowest BCUT2D eigenvalue weighted by Gasteiger charge is -2.28. The smallest absolute Gasteiger partial charge is 0.282 e. The number of carbonyl (C=O) groups excluding carboxylic acids is 1. The monoisotopic (exact) mass is 476 g/mol. The maximum Gasteiger partial charge on any atom is 0.416 e. The second kappa shape index (κ2) is 8.27. The third kappa shape index (κ3) is 4.11. The highest BCUT2D eigenvalue weighted by Crippen LogP contribution is 2.34. The molecule has 33 heavy (non-hydrogen) atoms. The molecule has 6 nitrogen and oxygen atoms in total. The van der Waals surface area contributed by atoms with Crippen LogP contribution in [0, 0.1) is 5.41 Å². The van der Waals surface area contributed by atoms with Crippen LogP contribution in [-0.2, 0) is 27.0 Å². The van der Waals surface area contributed by atoms with Crippen LogP contribution in [0.4, 0.5) is 13.2 Å².